The molecule has 0 unspecified atom stereocenters. The first kappa shape index (κ1) is 21.3. The van der Waals surface area contributed by atoms with E-state index in [1.165, 1.54) is 12.1 Å². The molecule has 32 heavy (non-hydrogen) atoms. The van der Waals surface area contributed by atoms with Gasteiger partial charge in [0.15, 0.2) is 17.5 Å². The molecule has 0 aliphatic carbocycles. The van der Waals surface area contributed by atoms with Crippen LogP contribution in [0.3, 0.4) is 0 Å². The molecule has 0 spiro atoms. The van der Waals surface area contributed by atoms with E-state index in [1.807, 2.05) is 0 Å². The van der Waals surface area contributed by atoms with Crippen LogP contribution in [0, 0.1) is 30.9 Å². The zero-order valence-corrected chi connectivity index (χ0v) is 17.8. The lowest BCUT2D eigenvalue weighted by atomic mass is 9.76. The molecule has 4 aromatic rings. The summed E-state index contributed by atoms with van der Waals surface area (Å²) in [7, 11) is 0. The number of aryl methyl sites for hydroxylation is 4. The molecule has 1 aromatic carbocycles. The smallest absolute Gasteiger partial charge is 0.269 e. The van der Waals surface area contributed by atoms with Crippen LogP contribution in [0.5, 0.6) is 0 Å². The lowest BCUT2D eigenvalue weighted by molar-refractivity contribution is -0.384. The standard InChI is InChI=1S/C20H21N7O5/c1-12-21-17(30-24-12)5-4-10-20(18-22-13(2)25-31-18,19-23-14(3)26-32-19)11-15-6-8-16(9-7-15)27(28)29/h6-9H,4-5,10-11H2,1-3H3. The number of hydrogen-bond donors (Lipinski definition) is 0. The fourth-order valence-electron chi connectivity index (χ4n) is 3.59. The van der Waals surface area contributed by atoms with Crippen molar-refractivity contribution in [3.8, 4) is 0 Å². The molecule has 0 saturated heterocycles. The summed E-state index contributed by atoms with van der Waals surface area (Å²) in [6, 6.07) is 6.31. The number of hydrogen-bond acceptors (Lipinski definition) is 11. The second-order valence-corrected chi connectivity index (χ2v) is 7.56. The molecule has 12 nitrogen and oxygen atoms in total. The average molecular weight is 439 g/mol. The lowest BCUT2D eigenvalue weighted by Gasteiger charge is -2.26. The summed E-state index contributed by atoms with van der Waals surface area (Å²) in [6.07, 6.45) is 2.01. The van der Waals surface area contributed by atoms with Gasteiger partial charge in [0.05, 0.1) is 4.92 Å². The Morgan fingerprint density at radius 2 is 1.44 bits per heavy atom. The number of rotatable bonds is 9. The van der Waals surface area contributed by atoms with Gasteiger partial charge in [-0.1, -0.05) is 27.6 Å². The molecule has 0 bridgehead atoms. The van der Waals surface area contributed by atoms with Gasteiger partial charge in [-0.05, 0) is 45.6 Å². The van der Waals surface area contributed by atoms with Gasteiger partial charge in [0.1, 0.15) is 5.41 Å². The predicted octanol–water partition coefficient (Wildman–Crippen LogP) is 3.22. The van der Waals surface area contributed by atoms with Crippen LogP contribution < -0.4 is 0 Å². The number of non-ortho nitro benzene ring substituents is 1. The maximum Gasteiger partial charge on any atom is 0.269 e. The summed E-state index contributed by atoms with van der Waals surface area (Å²) in [6.45, 7) is 5.21. The Balaban J connectivity index is 1.72. The molecule has 3 aromatic heterocycles. The predicted molar refractivity (Wildman–Crippen MR) is 108 cm³/mol. The van der Waals surface area contributed by atoms with Gasteiger partial charge in [0, 0.05) is 18.6 Å². The maximum atomic E-state index is 11.0. The van der Waals surface area contributed by atoms with Crippen molar-refractivity contribution in [1.29, 1.82) is 0 Å². The molecular weight excluding hydrogens is 418 g/mol. The van der Waals surface area contributed by atoms with Crippen LogP contribution in [0.15, 0.2) is 37.8 Å². The number of nitro benzene ring substituents is 1. The molecule has 0 fully saturated rings. The van der Waals surface area contributed by atoms with E-state index >= 15 is 0 Å². The molecule has 0 radical (unpaired) electrons. The molecule has 12 heteroatoms. The number of aromatic nitrogens is 6. The molecule has 0 atom stereocenters. The molecule has 4 rings (SSSR count). The highest BCUT2D eigenvalue weighted by Crippen LogP contribution is 2.39. The third-order valence-corrected chi connectivity index (χ3v) is 5.09. The summed E-state index contributed by atoms with van der Waals surface area (Å²) >= 11 is 0. The quantitative estimate of drug-likeness (QED) is 0.278. The third kappa shape index (κ3) is 4.38. The Kier molecular flexibility index (Phi) is 5.75. The second-order valence-electron chi connectivity index (χ2n) is 7.56. The van der Waals surface area contributed by atoms with E-state index in [0.29, 0.717) is 60.8 Å². The Bertz CT molecular complexity index is 1170. The zero-order chi connectivity index (χ0) is 22.7. The Labute approximate surface area is 182 Å². The topological polar surface area (TPSA) is 160 Å². The molecule has 0 saturated carbocycles. The van der Waals surface area contributed by atoms with E-state index in [0.717, 1.165) is 5.56 Å². The number of nitrogens with zero attached hydrogens (tertiary/aromatic N) is 7. The minimum Gasteiger partial charge on any atom is -0.339 e. The Morgan fingerprint density at radius 3 is 1.91 bits per heavy atom. The van der Waals surface area contributed by atoms with Gasteiger partial charge >= 0.3 is 0 Å². The minimum absolute atomic E-state index is 0.00776. The van der Waals surface area contributed by atoms with Crippen molar-refractivity contribution in [3.63, 3.8) is 0 Å². The highest BCUT2D eigenvalue weighted by Gasteiger charge is 2.45. The first-order chi connectivity index (χ1) is 15.4. The summed E-state index contributed by atoms with van der Waals surface area (Å²) in [5, 5.41) is 22.8. The van der Waals surface area contributed by atoms with Crippen molar-refractivity contribution in [3.05, 3.63) is 75.1 Å². The van der Waals surface area contributed by atoms with Crippen LogP contribution in [0.25, 0.3) is 0 Å². The molecule has 0 aliphatic rings. The molecule has 166 valence electrons. The van der Waals surface area contributed by atoms with Gasteiger partial charge in [-0.3, -0.25) is 10.1 Å². The molecule has 3 heterocycles. The highest BCUT2D eigenvalue weighted by atomic mass is 16.6. The summed E-state index contributed by atoms with van der Waals surface area (Å²) < 4.78 is 16.4. The van der Waals surface area contributed by atoms with E-state index in [1.54, 1.807) is 32.9 Å². The average Bonchev–Trinajstić information content (AvgIpc) is 3.50. The Hall–Kier alpha value is -3.96. The van der Waals surface area contributed by atoms with Crippen molar-refractivity contribution in [2.75, 3.05) is 0 Å². The van der Waals surface area contributed by atoms with Gasteiger partial charge in [0.2, 0.25) is 17.7 Å². The van der Waals surface area contributed by atoms with E-state index in [9.17, 15) is 10.1 Å². The summed E-state index contributed by atoms with van der Waals surface area (Å²) in [5.74, 6) is 2.69. The van der Waals surface area contributed by atoms with Gasteiger partial charge in [-0.25, -0.2) is 0 Å². The third-order valence-electron chi connectivity index (χ3n) is 5.09. The number of nitro groups is 1. The van der Waals surface area contributed by atoms with Crippen LogP contribution in [0.2, 0.25) is 0 Å². The van der Waals surface area contributed by atoms with Crippen LogP contribution >= 0.6 is 0 Å². The van der Waals surface area contributed by atoms with Gasteiger partial charge < -0.3 is 13.6 Å². The van der Waals surface area contributed by atoms with Crippen molar-refractivity contribution in [2.24, 2.45) is 0 Å². The van der Waals surface area contributed by atoms with Crippen molar-refractivity contribution < 1.29 is 18.5 Å². The normalized spacial score (nSPS) is 11.7. The molecular formula is C20H21N7O5. The number of benzene rings is 1. The van der Waals surface area contributed by atoms with Crippen molar-refractivity contribution in [1.82, 2.24) is 30.4 Å². The van der Waals surface area contributed by atoms with Crippen LogP contribution in [-0.4, -0.2) is 35.3 Å². The molecule has 0 N–H and O–H groups in total. The van der Waals surface area contributed by atoms with Gasteiger partial charge in [-0.15, -0.1) is 0 Å². The highest BCUT2D eigenvalue weighted by molar-refractivity contribution is 5.35. The van der Waals surface area contributed by atoms with Crippen molar-refractivity contribution in [2.45, 2.75) is 51.9 Å². The molecule has 0 amide bonds. The Morgan fingerprint density at radius 1 is 0.875 bits per heavy atom. The van der Waals surface area contributed by atoms with Crippen LogP contribution in [0.4, 0.5) is 5.69 Å². The summed E-state index contributed by atoms with van der Waals surface area (Å²) in [4.78, 5) is 23.8. The van der Waals surface area contributed by atoms with E-state index in [4.69, 9.17) is 13.6 Å². The van der Waals surface area contributed by atoms with Gasteiger partial charge in [-0.2, -0.15) is 15.0 Å². The first-order valence-corrected chi connectivity index (χ1v) is 10.00. The van der Waals surface area contributed by atoms with Crippen LogP contribution in [0.1, 0.15) is 53.6 Å². The zero-order valence-electron chi connectivity index (χ0n) is 17.8. The monoisotopic (exact) mass is 439 g/mol. The van der Waals surface area contributed by atoms with E-state index in [2.05, 4.69) is 30.4 Å². The fourth-order valence-corrected chi connectivity index (χ4v) is 3.59. The lowest BCUT2D eigenvalue weighted by Crippen LogP contribution is -2.32. The second kappa shape index (κ2) is 8.65. The maximum absolute atomic E-state index is 11.0. The van der Waals surface area contributed by atoms with Crippen LogP contribution in [-0.2, 0) is 18.3 Å². The summed E-state index contributed by atoms with van der Waals surface area (Å²) in [5.41, 5.74) is -0.113. The SMILES string of the molecule is Cc1noc(CCCC(Cc2ccc([N+](=O)[O-])cc2)(c2nc(C)no2)c2nc(C)no2)n1. The van der Waals surface area contributed by atoms with E-state index < -0.39 is 10.3 Å². The molecule has 0 aliphatic heterocycles. The van der Waals surface area contributed by atoms with Gasteiger partial charge in [0.25, 0.3) is 5.69 Å². The largest absolute Gasteiger partial charge is 0.339 e. The van der Waals surface area contributed by atoms with Crippen molar-refractivity contribution >= 4 is 5.69 Å². The van der Waals surface area contributed by atoms with E-state index in [-0.39, 0.29) is 5.69 Å². The minimum atomic E-state index is -0.937. The fraction of sp³-hybridized carbons (Fsp3) is 0.400. The first-order valence-electron chi connectivity index (χ1n) is 10.00.